The molecule has 0 aliphatic carbocycles. The van der Waals surface area contributed by atoms with Gasteiger partial charge in [0.25, 0.3) is 11.8 Å². The average molecular weight is 393 g/mol. The van der Waals surface area contributed by atoms with E-state index in [1.165, 1.54) is 11.0 Å². The molecule has 2 rings (SSSR count). The molecule has 0 spiro atoms. The molecule has 0 bridgehead atoms. The fourth-order valence-corrected chi connectivity index (χ4v) is 2.50. The third-order valence-electron chi connectivity index (χ3n) is 4.12. The number of ether oxygens (including phenoxy) is 3. The summed E-state index contributed by atoms with van der Waals surface area (Å²) in [5.41, 5.74) is 0.335. The Morgan fingerprint density at radius 3 is 2.50 bits per heavy atom. The molecule has 3 amide bonds. The standard InChI is InChI=1S/C19H27N3O6/c1-4-27-16-11-14(19(25)20-12-17(23)21(2)3)5-6-15(16)28-13-18(24)22-7-9-26-10-8-22/h5-6,11H,4,7-10,12-13H2,1-3H3,(H,20,25). The van der Waals surface area contributed by atoms with Gasteiger partial charge < -0.3 is 29.3 Å². The lowest BCUT2D eigenvalue weighted by Crippen LogP contribution is -2.43. The number of likely N-dealkylation sites (N-methyl/N-ethyl adjacent to an activating group) is 1. The summed E-state index contributed by atoms with van der Waals surface area (Å²) in [6.07, 6.45) is 0. The molecule has 0 saturated carbocycles. The SMILES string of the molecule is CCOc1cc(C(=O)NCC(=O)N(C)C)ccc1OCC(=O)N1CCOCC1. The summed E-state index contributed by atoms with van der Waals surface area (Å²) in [7, 11) is 3.23. The fraction of sp³-hybridized carbons (Fsp3) is 0.526. The van der Waals surface area contributed by atoms with Crippen molar-refractivity contribution in [2.24, 2.45) is 0 Å². The molecule has 1 N–H and O–H groups in total. The van der Waals surface area contributed by atoms with Crippen molar-refractivity contribution in [2.75, 3.05) is 60.2 Å². The number of nitrogens with zero attached hydrogens (tertiary/aromatic N) is 2. The molecule has 1 saturated heterocycles. The van der Waals surface area contributed by atoms with E-state index in [1.807, 2.05) is 6.92 Å². The summed E-state index contributed by atoms with van der Waals surface area (Å²) >= 11 is 0. The van der Waals surface area contributed by atoms with Crippen LogP contribution < -0.4 is 14.8 Å². The molecular weight excluding hydrogens is 366 g/mol. The first-order valence-corrected chi connectivity index (χ1v) is 9.16. The van der Waals surface area contributed by atoms with E-state index in [0.717, 1.165) is 0 Å². The van der Waals surface area contributed by atoms with Crippen molar-refractivity contribution in [1.29, 1.82) is 0 Å². The minimum absolute atomic E-state index is 0.0951. The molecule has 154 valence electrons. The van der Waals surface area contributed by atoms with Crippen molar-refractivity contribution in [3.05, 3.63) is 23.8 Å². The summed E-state index contributed by atoms with van der Waals surface area (Å²) in [5.74, 6) is 0.00932. The smallest absolute Gasteiger partial charge is 0.260 e. The number of hydrogen-bond donors (Lipinski definition) is 1. The summed E-state index contributed by atoms with van der Waals surface area (Å²) in [4.78, 5) is 39.2. The van der Waals surface area contributed by atoms with Crippen LogP contribution in [-0.4, -0.2) is 87.7 Å². The van der Waals surface area contributed by atoms with Gasteiger partial charge in [-0.1, -0.05) is 0 Å². The van der Waals surface area contributed by atoms with Crippen LogP contribution in [0.1, 0.15) is 17.3 Å². The van der Waals surface area contributed by atoms with E-state index in [2.05, 4.69) is 5.32 Å². The molecule has 1 heterocycles. The number of rotatable bonds is 8. The van der Waals surface area contributed by atoms with Crippen molar-refractivity contribution in [3.63, 3.8) is 0 Å². The van der Waals surface area contributed by atoms with Crippen LogP contribution in [0.3, 0.4) is 0 Å². The molecule has 1 fully saturated rings. The van der Waals surface area contributed by atoms with E-state index in [0.29, 0.717) is 50.0 Å². The van der Waals surface area contributed by atoms with Crippen LogP contribution in [0.5, 0.6) is 11.5 Å². The van der Waals surface area contributed by atoms with Crippen molar-refractivity contribution < 1.29 is 28.6 Å². The number of carbonyl (C=O) groups is 3. The molecule has 28 heavy (non-hydrogen) atoms. The second-order valence-electron chi connectivity index (χ2n) is 6.35. The van der Waals surface area contributed by atoms with Gasteiger partial charge in [0.2, 0.25) is 5.91 Å². The van der Waals surface area contributed by atoms with Gasteiger partial charge in [-0.2, -0.15) is 0 Å². The van der Waals surface area contributed by atoms with Gasteiger partial charge in [0, 0.05) is 32.7 Å². The maximum absolute atomic E-state index is 12.3. The summed E-state index contributed by atoms with van der Waals surface area (Å²) < 4.78 is 16.4. The van der Waals surface area contributed by atoms with Gasteiger partial charge in [0.1, 0.15) is 0 Å². The molecule has 1 aliphatic heterocycles. The Hall–Kier alpha value is -2.81. The van der Waals surface area contributed by atoms with E-state index in [-0.39, 0.29) is 25.0 Å². The zero-order valence-corrected chi connectivity index (χ0v) is 16.5. The summed E-state index contributed by atoms with van der Waals surface area (Å²) in [6, 6.07) is 4.68. The lowest BCUT2D eigenvalue weighted by molar-refractivity contribution is -0.137. The first kappa shape index (κ1) is 21.5. The minimum atomic E-state index is -0.396. The third-order valence-corrected chi connectivity index (χ3v) is 4.12. The van der Waals surface area contributed by atoms with Crippen LogP contribution in [0, 0.1) is 0 Å². The van der Waals surface area contributed by atoms with Crippen LogP contribution >= 0.6 is 0 Å². The number of hydrogen-bond acceptors (Lipinski definition) is 6. The number of nitrogens with one attached hydrogen (secondary N) is 1. The largest absolute Gasteiger partial charge is 0.490 e. The van der Waals surface area contributed by atoms with Crippen molar-refractivity contribution in [1.82, 2.24) is 15.1 Å². The van der Waals surface area contributed by atoms with E-state index in [1.54, 1.807) is 31.1 Å². The van der Waals surface area contributed by atoms with Crippen molar-refractivity contribution >= 4 is 17.7 Å². The maximum atomic E-state index is 12.3. The molecule has 0 atom stereocenters. The molecule has 9 nitrogen and oxygen atoms in total. The van der Waals surface area contributed by atoms with Gasteiger partial charge in [-0.05, 0) is 25.1 Å². The Morgan fingerprint density at radius 1 is 1.14 bits per heavy atom. The highest BCUT2D eigenvalue weighted by molar-refractivity contribution is 5.97. The second kappa shape index (κ2) is 10.5. The lowest BCUT2D eigenvalue weighted by Gasteiger charge is -2.26. The van der Waals surface area contributed by atoms with Gasteiger partial charge in [-0.3, -0.25) is 14.4 Å². The highest BCUT2D eigenvalue weighted by Gasteiger charge is 2.19. The number of benzene rings is 1. The molecule has 0 unspecified atom stereocenters. The lowest BCUT2D eigenvalue weighted by atomic mass is 10.2. The number of amides is 3. The predicted molar refractivity (Wildman–Crippen MR) is 102 cm³/mol. The highest BCUT2D eigenvalue weighted by Crippen LogP contribution is 2.28. The Balaban J connectivity index is 1.99. The van der Waals surface area contributed by atoms with Gasteiger partial charge >= 0.3 is 0 Å². The molecule has 1 aromatic carbocycles. The van der Waals surface area contributed by atoms with Gasteiger partial charge in [0.05, 0.1) is 26.4 Å². The fourth-order valence-electron chi connectivity index (χ4n) is 2.50. The Kier molecular flexibility index (Phi) is 8.06. The molecule has 1 aromatic rings. The quantitative estimate of drug-likeness (QED) is 0.675. The van der Waals surface area contributed by atoms with Gasteiger partial charge in [0.15, 0.2) is 18.1 Å². The first-order chi connectivity index (χ1) is 13.4. The normalized spacial score (nSPS) is 13.6. The zero-order chi connectivity index (χ0) is 20.5. The van der Waals surface area contributed by atoms with Crippen LogP contribution in [0.2, 0.25) is 0 Å². The Morgan fingerprint density at radius 2 is 1.86 bits per heavy atom. The third kappa shape index (κ3) is 6.12. The molecule has 0 radical (unpaired) electrons. The maximum Gasteiger partial charge on any atom is 0.260 e. The molecular formula is C19H27N3O6. The van der Waals surface area contributed by atoms with E-state index >= 15 is 0 Å². The second-order valence-corrected chi connectivity index (χ2v) is 6.35. The molecule has 0 aromatic heterocycles. The topological polar surface area (TPSA) is 97.4 Å². The zero-order valence-electron chi connectivity index (χ0n) is 16.5. The summed E-state index contributed by atoms with van der Waals surface area (Å²) in [6.45, 7) is 4.11. The van der Waals surface area contributed by atoms with Crippen LogP contribution in [0.4, 0.5) is 0 Å². The number of morpholine rings is 1. The average Bonchev–Trinajstić information content (AvgIpc) is 2.71. The van der Waals surface area contributed by atoms with Gasteiger partial charge in [-0.25, -0.2) is 0 Å². The predicted octanol–water partition coefficient (Wildman–Crippen LogP) is 0.141. The Labute approximate surface area is 164 Å². The first-order valence-electron chi connectivity index (χ1n) is 9.16. The van der Waals surface area contributed by atoms with E-state index in [4.69, 9.17) is 14.2 Å². The summed E-state index contributed by atoms with van der Waals surface area (Å²) in [5, 5.41) is 2.56. The van der Waals surface area contributed by atoms with Crippen molar-refractivity contribution in [2.45, 2.75) is 6.92 Å². The Bertz CT molecular complexity index is 701. The van der Waals surface area contributed by atoms with Crippen LogP contribution in [-0.2, 0) is 14.3 Å². The van der Waals surface area contributed by atoms with Gasteiger partial charge in [-0.15, -0.1) is 0 Å². The van der Waals surface area contributed by atoms with Crippen LogP contribution in [0.15, 0.2) is 18.2 Å². The van der Waals surface area contributed by atoms with Crippen molar-refractivity contribution in [3.8, 4) is 11.5 Å². The monoisotopic (exact) mass is 393 g/mol. The molecule has 9 heteroatoms. The van der Waals surface area contributed by atoms with E-state index in [9.17, 15) is 14.4 Å². The molecule has 1 aliphatic rings. The number of carbonyl (C=O) groups excluding carboxylic acids is 3. The van der Waals surface area contributed by atoms with E-state index < -0.39 is 5.91 Å². The van der Waals surface area contributed by atoms with Crippen LogP contribution in [0.25, 0.3) is 0 Å². The minimum Gasteiger partial charge on any atom is -0.490 e. The highest BCUT2D eigenvalue weighted by atomic mass is 16.5.